The minimum atomic E-state index is 0.0406. The Morgan fingerprint density at radius 1 is 1.33 bits per heavy atom. The Balaban J connectivity index is 1.78. The van der Waals surface area contributed by atoms with Crippen LogP contribution in [0.2, 0.25) is 0 Å². The van der Waals surface area contributed by atoms with Crippen LogP contribution in [0.3, 0.4) is 0 Å². The highest BCUT2D eigenvalue weighted by Crippen LogP contribution is 2.09. The number of rotatable bonds is 6. The van der Waals surface area contributed by atoms with Gasteiger partial charge in [-0.1, -0.05) is 24.3 Å². The van der Waals surface area contributed by atoms with E-state index in [4.69, 9.17) is 4.74 Å². The number of carbonyl (C=O) groups is 1. The molecule has 1 aliphatic heterocycles. The average molecular weight is 292 g/mol. The SMILES string of the molecule is CC(CC(=O)N1CCOCC1)NCc1ccccc1CO. The zero-order valence-electron chi connectivity index (χ0n) is 12.5. The highest BCUT2D eigenvalue weighted by molar-refractivity contribution is 5.76. The molecular weight excluding hydrogens is 268 g/mol. The topological polar surface area (TPSA) is 61.8 Å². The fraction of sp³-hybridized carbons (Fsp3) is 0.562. The second kappa shape index (κ2) is 8.12. The minimum Gasteiger partial charge on any atom is -0.392 e. The lowest BCUT2D eigenvalue weighted by Crippen LogP contribution is -2.43. The van der Waals surface area contributed by atoms with Crippen LogP contribution in [0, 0.1) is 0 Å². The van der Waals surface area contributed by atoms with E-state index in [-0.39, 0.29) is 18.6 Å². The predicted octanol–water partition coefficient (Wildman–Crippen LogP) is 0.906. The molecule has 5 heteroatoms. The number of benzene rings is 1. The lowest BCUT2D eigenvalue weighted by Gasteiger charge is -2.28. The van der Waals surface area contributed by atoms with Crippen molar-refractivity contribution in [3.63, 3.8) is 0 Å². The molecule has 2 N–H and O–H groups in total. The number of carbonyl (C=O) groups excluding carboxylic acids is 1. The van der Waals surface area contributed by atoms with Crippen LogP contribution in [0.5, 0.6) is 0 Å². The Labute approximate surface area is 125 Å². The van der Waals surface area contributed by atoms with Crippen molar-refractivity contribution < 1.29 is 14.6 Å². The van der Waals surface area contributed by atoms with Gasteiger partial charge in [0.25, 0.3) is 0 Å². The molecule has 1 aromatic carbocycles. The van der Waals surface area contributed by atoms with Crippen molar-refractivity contribution in [2.45, 2.75) is 32.5 Å². The Bertz CT molecular complexity index is 459. The Kier molecular flexibility index (Phi) is 6.17. The maximum absolute atomic E-state index is 12.1. The molecule has 1 saturated heterocycles. The van der Waals surface area contributed by atoms with Gasteiger partial charge in [0.2, 0.25) is 5.91 Å². The Morgan fingerprint density at radius 2 is 2.00 bits per heavy atom. The summed E-state index contributed by atoms with van der Waals surface area (Å²) in [5.41, 5.74) is 2.00. The van der Waals surface area contributed by atoms with Gasteiger partial charge in [-0.3, -0.25) is 4.79 Å². The molecule has 1 heterocycles. The van der Waals surface area contributed by atoms with E-state index in [0.717, 1.165) is 11.1 Å². The van der Waals surface area contributed by atoms with Gasteiger partial charge >= 0.3 is 0 Å². The molecule has 1 fully saturated rings. The predicted molar refractivity (Wildman–Crippen MR) is 80.7 cm³/mol. The fourth-order valence-corrected chi connectivity index (χ4v) is 2.44. The molecule has 1 unspecified atom stereocenters. The maximum Gasteiger partial charge on any atom is 0.224 e. The lowest BCUT2D eigenvalue weighted by atomic mass is 10.1. The van der Waals surface area contributed by atoms with Gasteiger partial charge in [-0.05, 0) is 18.1 Å². The molecular formula is C16H24N2O3. The van der Waals surface area contributed by atoms with Crippen LogP contribution in [0.15, 0.2) is 24.3 Å². The number of aliphatic hydroxyl groups is 1. The average Bonchev–Trinajstić information content (AvgIpc) is 2.54. The molecule has 0 saturated carbocycles. The summed E-state index contributed by atoms with van der Waals surface area (Å²) in [6.07, 6.45) is 0.487. The summed E-state index contributed by atoms with van der Waals surface area (Å²) in [4.78, 5) is 14.0. The van der Waals surface area contributed by atoms with E-state index in [1.807, 2.05) is 36.1 Å². The number of ether oxygens (including phenoxy) is 1. The number of hydrogen-bond acceptors (Lipinski definition) is 4. The van der Waals surface area contributed by atoms with Gasteiger partial charge in [0.05, 0.1) is 19.8 Å². The van der Waals surface area contributed by atoms with E-state index in [1.165, 1.54) is 0 Å². The number of hydrogen-bond donors (Lipinski definition) is 2. The smallest absolute Gasteiger partial charge is 0.224 e. The standard InChI is InChI=1S/C16H24N2O3/c1-13(10-16(20)18-6-8-21-9-7-18)17-11-14-4-2-3-5-15(14)12-19/h2-5,13,17,19H,6-12H2,1H3. The number of nitrogens with zero attached hydrogens (tertiary/aromatic N) is 1. The van der Waals surface area contributed by atoms with Gasteiger partial charge in [0, 0.05) is 32.1 Å². The first-order valence-corrected chi connectivity index (χ1v) is 7.47. The third kappa shape index (κ3) is 4.81. The monoisotopic (exact) mass is 292 g/mol. The molecule has 0 aliphatic carbocycles. The van der Waals surface area contributed by atoms with Crippen molar-refractivity contribution >= 4 is 5.91 Å². The summed E-state index contributed by atoms with van der Waals surface area (Å²) in [6.45, 7) is 5.37. The molecule has 0 radical (unpaired) electrons. The fourth-order valence-electron chi connectivity index (χ4n) is 2.44. The summed E-state index contributed by atoms with van der Waals surface area (Å²) in [5.74, 6) is 0.175. The third-order valence-electron chi connectivity index (χ3n) is 3.77. The summed E-state index contributed by atoms with van der Waals surface area (Å²) in [7, 11) is 0. The van der Waals surface area contributed by atoms with Crippen LogP contribution >= 0.6 is 0 Å². The van der Waals surface area contributed by atoms with Crippen LogP contribution in [0.25, 0.3) is 0 Å². The van der Waals surface area contributed by atoms with Crippen molar-refractivity contribution in [2.75, 3.05) is 26.3 Å². The molecule has 1 aliphatic rings. The van der Waals surface area contributed by atoms with Crippen molar-refractivity contribution in [1.82, 2.24) is 10.2 Å². The van der Waals surface area contributed by atoms with E-state index in [1.54, 1.807) is 0 Å². The number of morpholine rings is 1. The van der Waals surface area contributed by atoms with E-state index in [2.05, 4.69) is 5.32 Å². The van der Waals surface area contributed by atoms with E-state index in [9.17, 15) is 9.90 Å². The number of amides is 1. The van der Waals surface area contributed by atoms with E-state index < -0.39 is 0 Å². The zero-order valence-corrected chi connectivity index (χ0v) is 12.5. The highest BCUT2D eigenvalue weighted by Gasteiger charge is 2.18. The van der Waals surface area contributed by atoms with Crippen LogP contribution < -0.4 is 5.32 Å². The molecule has 5 nitrogen and oxygen atoms in total. The summed E-state index contributed by atoms with van der Waals surface area (Å²) >= 11 is 0. The van der Waals surface area contributed by atoms with Crippen molar-refractivity contribution in [3.8, 4) is 0 Å². The van der Waals surface area contributed by atoms with Gasteiger partial charge in [0.15, 0.2) is 0 Å². The highest BCUT2D eigenvalue weighted by atomic mass is 16.5. The van der Waals surface area contributed by atoms with Crippen LogP contribution in [0.4, 0.5) is 0 Å². The first kappa shape index (κ1) is 15.9. The molecule has 1 aromatic rings. The van der Waals surface area contributed by atoms with Crippen LogP contribution in [-0.2, 0) is 22.7 Å². The molecule has 21 heavy (non-hydrogen) atoms. The first-order chi connectivity index (χ1) is 10.2. The van der Waals surface area contributed by atoms with Gasteiger partial charge in [-0.15, -0.1) is 0 Å². The summed E-state index contributed by atoms with van der Waals surface area (Å²) < 4.78 is 5.25. The Hall–Kier alpha value is -1.43. The second-order valence-corrected chi connectivity index (χ2v) is 5.41. The van der Waals surface area contributed by atoms with Crippen molar-refractivity contribution in [2.24, 2.45) is 0 Å². The summed E-state index contributed by atoms with van der Waals surface area (Å²) in [6, 6.07) is 7.89. The lowest BCUT2D eigenvalue weighted by molar-refractivity contribution is -0.135. The maximum atomic E-state index is 12.1. The van der Waals surface area contributed by atoms with E-state index >= 15 is 0 Å². The summed E-state index contributed by atoms with van der Waals surface area (Å²) in [5, 5.41) is 12.7. The molecule has 1 amide bonds. The van der Waals surface area contributed by atoms with E-state index in [0.29, 0.717) is 39.3 Å². The van der Waals surface area contributed by atoms with Gasteiger partial charge in [0.1, 0.15) is 0 Å². The van der Waals surface area contributed by atoms with Crippen LogP contribution in [-0.4, -0.2) is 48.3 Å². The van der Waals surface area contributed by atoms with Gasteiger partial charge in [-0.25, -0.2) is 0 Å². The van der Waals surface area contributed by atoms with Crippen molar-refractivity contribution in [1.29, 1.82) is 0 Å². The molecule has 0 bridgehead atoms. The molecule has 116 valence electrons. The number of nitrogens with one attached hydrogen (secondary N) is 1. The molecule has 1 atom stereocenters. The van der Waals surface area contributed by atoms with Crippen molar-refractivity contribution in [3.05, 3.63) is 35.4 Å². The molecule has 0 aromatic heterocycles. The molecule has 0 spiro atoms. The normalized spacial score (nSPS) is 16.8. The minimum absolute atomic E-state index is 0.0406. The quantitative estimate of drug-likeness (QED) is 0.818. The first-order valence-electron chi connectivity index (χ1n) is 7.47. The Morgan fingerprint density at radius 3 is 2.67 bits per heavy atom. The van der Waals surface area contributed by atoms with Crippen LogP contribution in [0.1, 0.15) is 24.5 Å². The zero-order chi connectivity index (χ0) is 15.1. The molecule has 2 rings (SSSR count). The second-order valence-electron chi connectivity index (χ2n) is 5.41. The van der Waals surface area contributed by atoms with Gasteiger partial charge in [-0.2, -0.15) is 0 Å². The third-order valence-corrected chi connectivity index (χ3v) is 3.77. The largest absolute Gasteiger partial charge is 0.392 e. The number of aliphatic hydroxyl groups excluding tert-OH is 1. The van der Waals surface area contributed by atoms with Gasteiger partial charge < -0.3 is 20.1 Å².